The van der Waals surface area contributed by atoms with Gasteiger partial charge in [-0.1, -0.05) is 24.6 Å². The molecule has 0 radical (unpaired) electrons. The van der Waals surface area contributed by atoms with Crippen molar-refractivity contribution in [1.82, 2.24) is 0 Å². The number of hydrogen-bond acceptors (Lipinski definition) is 0. The lowest BCUT2D eigenvalue weighted by Gasteiger charge is -2.59. The zero-order valence-corrected chi connectivity index (χ0v) is 24.9. The van der Waals surface area contributed by atoms with Gasteiger partial charge in [0.05, 0.1) is 0 Å². The van der Waals surface area contributed by atoms with E-state index in [2.05, 4.69) is 15.1 Å². The highest BCUT2D eigenvalue weighted by molar-refractivity contribution is 7.61. The molecular formula is C33H45P3. The summed E-state index contributed by atoms with van der Waals surface area (Å²) in [6, 6.07) is 0. The van der Waals surface area contributed by atoms with Crippen LogP contribution in [-0.4, -0.2) is 0 Å². The van der Waals surface area contributed by atoms with Crippen LogP contribution in [0.25, 0.3) is 0 Å². The lowest BCUT2D eigenvalue weighted by atomic mass is 9.50. The van der Waals surface area contributed by atoms with Crippen molar-refractivity contribution in [3.63, 3.8) is 0 Å². The Balaban J connectivity index is 1.14. The predicted molar refractivity (Wildman–Crippen MR) is 154 cm³/mol. The van der Waals surface area contributed by atoms with E-state index in [4.69, 9.17) is 0 Å². The van der Waals surface area contributed by atoms with Gasteiger partial charge in [-0.15, -0.1) is 0 Å². The Morgan fingerprint density at radius 2 is 0.472 bits per heavy atom. The van der Waals surface area contributed by atoms with Gasteiger partial charge in [0.15, 0.2) is 0 Å². The van der Waals surface area contributed by atoms with Crippen molar-refractivity contribution >= 4 is 24.6 Å². The molecule has 0 nitrogen and oxygen atoms in total. The third-order valence-corrected chi connectivity index (χ3v) is 20.1. The van der Waals surface area contributed by atoms with Crippen molar-refractivity contribution in [1.29, 1.82) is 0 Å². The fourth-order valence-corrected chi connectivity index (χ4v) is 21.0. The van der Waals surface area contributed by atoms with Crippen LogP contribution in [-0.2, 0) is 16.2 Å². The topological polar surface area (TPSA) is 0 Å². The van der Waals surface area contributed by atoms with Crippen LogP contribution in [0.3, 0.4) is 0 Å². The van der Waals surface area contributed by atoms with Crippen molar-refractivity contribution in [2.45, 2.75) is 132 Å². The fraction of sp³-hybridized carbons (Fsp3) is 0.909. The summed E-state index contributed by atoms with van der Waals surface area (Å²) < 4.78 is 0. The van der Waals surface area contributed by atoms with E-state index in [1.54, 1.807) is 116 Å². The highest BCUT2D eigenvalue weighted by Crippen LogP contribution is 2.71. The molecule has 0 amide bonds. The van der Waals surface area contributed by atoms with Crippen LogP contribution in [0.1, 0.15) is 131 Å². The normalized spacial score (nSPS) is 57.8. The smallest absolute Gasteiger partial charge is 0.0141 e. The third kappa shape index (κ3) is 3.12. The van der Waals surface area contributed by atoms with Crippen LogP contribution in [0.4, 0.5) is 0 Å². The quantitative estimate of drug-likeness (QED) is 0.362. The van der Waals surface area contributed by atoms with E-state index in [-0.39, 0.29) is 0 Å². The molecule has 1 heterocycles. The van der Waals surface area contributed by atoms with Gasteiger partial charge >= 0.3 is 0 Å². The van der Waals surface area contributed by atoms with Gasteiger partial charge in [-0.25, -0.2) is 0 Å². The van der Waals surface area contributed by atoms with E-state index in [0.29, 0.717) is 16.2 Å². The lowest BCUT2D eigenvalue weighted by Crippen LogP contribution is -2.49. The van der Waals surface area contributed by atoms with Gasteiger partial charge in [-0.05, 0) is 169 Å². The minimum atomic E-state index is 0.662. The van der Waals surface area contributed by atoms with Gasteiger partial charge in [-0.3, -0.25) is 0 Å². The average molecular weight is 535 g/mol. The fourth-order valence-electron chi connectivity index (χ4n) is 14.2. The van der Waals surface area contributed by atoms with Crippen molar-refractivity contribution in [3.8, 4) is 0 Å². The first kappa shape index (κ1) is 22.2. The minimum Gasteiger partial charge on any atom is -0.0581 e. The van der Waals surface area contributed by atoms with Crippen molar-refractivity contribution in [3.05, 3.63) is 15.1 Å². The molecular weight excluding hydrogens is 489 g/mol. The highest BCUT2D eigenvalue weighted by atomic mass is 31.1. The molecule has 1 aromatic heterocycles. The lowest BCUT2D eigenvalue weighted by molar-refractivity contribution is -0.00426. The zero-order chi connectivity index (χ0) is 23.3. The summed E-state index contributed by atoms with van der Waals surface area (Å²) in [5.74, 6) is 9.87. The van der Waals surface area contributed by atoms with Gasteiger partial charge in [0.2, 0.25) is 0 Å². The third-order valence-electron chi connectivity index (χ3n) is 14.2. The highest BCUT2D eigenvalue weighted by Gasteiger charge is 2.57. The van der Waals surface area contributed by atoms with E-state index in [9.17, 15) is 0 Å². The Morgan fingerprint density at radius 1 is 0.306 bits per heavy atom. The summed E-state index contributed by atoms with van der Waals surface area (Å²) in [5, 5.41) is 6.32. The summed E-state index contributed by atoms with van der Waals surface area (Å²) in [6.07, 6.45) is 28.9. The molecule has 12 aliphatic rings. The molecule has 0 unspecified atom stereocenters. The Hall–Kier alpha value is 0.510. The second-order valence-corrected chi connectivity index (χ2v) is 21.3. The molecule has 0 atom stereocenters. The summed E-state index contributed by atoms with van der Waals surface area (Å²) >= 11 is 0. The van der Waals surface area contributed by atoms with Gasteiger partial charge < -0.3 is 0 Å². The van der Waals surface area contributed by atoms with Gasteiger partial charge in [0.1, 0.15) is 0 Å². The summed E-state index contributed by atoms with van der Waals surface area (Å²) in [6.45, 7) is 0. The van der Waals surface area contributed by atoms with Crippen LogP contribution in [0.2, 0.25) is 0 Å². The van der Waals surface area contributed by atoms with E-state index in [0.717, 1.165) is 53.3 Å². The first-order chi connectivity index (χ1) is 17.5. The maximum Gasteiger partial charge on any atom is 0.0141 e. The molecule has 12 aliphatic carbocycles. The Labute approximate surface area is 224 Å². The summed E-state index contributed by atoms with van der Waals surface area (Å²) in [5.41, 5.74) is 1.98. The molecule has 3 heteroatoms. The van der Waals surface area contributed by atoms with Crippen molar-refractivity contribution in [2.24, 2.45) is 53.3 Å². The van der Waals surface area contributed by atoms with Crippen LogP contribution in [0.15, 0.2) is 0 Å². The molecule has 12 fully saturated rings. The monoisotopic (exact) mass is 534 g/mol. The van der Waals surface area contributed by atoms with Gasteiger partial charge in [-0.2, -0.15) is 0 Å². The zero-order valence-electron chi connectivity index (χ0n) is 22.3. The van der Waals surface area contributed by atoms with Crippen LogP contribution >= 0.6 is 24.6 Å². The number of hydrogen-bond donors (Lipinski definition) is 0. The van der Waals surface area contributed by atoms with E-state index in [1.165, 1.54) is 0 Å². The van der Waals surface area contributed by atoms with Gasteiger partial charge in [0.25, 0.3) is 0 Å². The Morgan fingerprint density at radius 3 is 0.639 bits per heavy atom. The molecule has 192 valence electrons. The molecule has 1 aromatic rings. The van der Waals surface area contributed by atoms with Gasteiger partial charge in [0, 0.05) is 31.3 Å². The van der Waals surface area contributed by atoms with E-state index < -0.39 is 0 Å². The standard InChI is InChI=1S/C33H45P3/c1-19-2-21-3-20(1)11-31(10-19,12-21)28-34-29(32-13-22-4-23(14-32)6-24(5-22)15-32)36-30(35-28)33-16-25-7-26(17-33)9-27(8-25)18-33/h19-27H,1-18H2. The maximum absolute atomic E-state index is 2.11. The van der Waals surface area contributed by atoms with Crippen molar-refractivity contribution in [2.75, 3.05) is 0 Å². The van der Waals surface area contributed by atoms with Crippen LogP contribution in [0, 0.1) is 53.3 Å². The molecule has 12 bridgehead atoms. The molecule has 13 rings (SSSR count). The summed E-state index contributed by atoms with van der Waals surface area (Å²) in [4.78, 5) is 0. The predicted octanol–water partition coefficient (Wildman–Crippen LogP) is 10.8. The van der Waals surface area contributed by atoms with E-state index >= 15 is 0 Å². The first-order valence-corrected chi connectivity index (χ1v) is 19.0. The molecule has 0 aromatic carbocycles. The molecule has 12 saturated carbocycles. The van der Waals surface area contributed by atoms with Crippen molar-refractivity contribution < 1.29 is 0 Å². The van der Waals surface area contributed by atoms with Crippen LogP contribution in [0.5, 0.6) is 0 Å². The number of rotatable bonds is 3. The molecule has 36 heavy (non-hydrogen) atoms. The second kappa shape index (κ2) is 7.42. The Bertz CT molecular complexity index is 862. The molecule has 0 N–H and O–H groups in total. The largest absolute Gasteiger partial charge is 0.0581 e. The maximum atomic E-state index is 2.11. The molecule has 0 saturated heterocycles. The average Bonchev–Trinajstić information content (AvgIpc) is 2.81. The van der Waals surface area contributed by atoms with E-state index in [1.807, 2.05) is 24.6 Å². The Kier molecular flexibility index (Phi) is 4.58. The first-order valence-electron chi connectivity index (χ1n) is 16.3. The minimum absolute atomic E-state index is 0.662. The second-order valence-electron chi connectivity index (χ2n) is 16.9. The molecule has 0 spiro atoms. The summed E-state index contributed by atoms with van der Waals surface area (Å²) in [7, 11) is 5.50. The molecule has 0 aliphatic heterocycles. The van der Waals surface area contributed by atoms with Crippen LogP contribution < -0.4 is 0 Å². The SMILES string of the molecule is C1C2CC3CC1CC(c1pc(C45CC6CC(CC(C6)C4)C5)pc(C45CC6CC(CC(C6)C4)C5)p1)(C2)C3.